The van der Waals surface area contributed by atoms with Crippen LogP contribution in [0.5, 0.6) is 0 Å². The lowest BCUT2D eigenvalue weighted by Crippen LogP contribution is -2.45. The molecule has 102 valence electrons. The monoisotopic (exact) mass is 281 g/mol. The molecule has 1 aromatic carbocycles. The summed E-state index contributed by atoms with van der Waals surface area (Å²) in [6.45, 7) is 1.35. The van der Waals surface area contributed by atoms with Crippen LogP contribution in [0.1, 0.15) is 12.8 Å². The highest BCUT2D eigenvalue weighted by atomic mass is 32.1. The van der Waals surface area contributed by atoms with E-state index in [1.165, 1.54) is 12.1 Å². The largest absolute Gasteiger partial charge is 0.369 e. The molecule has 1 aliphatic heterocycles. The van der Waals surface area contributed by atoms with E-state index in [1.54, 1.807) is 12.1 Å². The summed E-state index contributed by atoms with van der Waals surface area (Å²) >= 11 is 5.30. The third-order valence-corrected chi connectivity index (χ3v) is 3.57. The first-order valence-electron chi connectivity index (χ1n) is 6.17. The van der Waals surface area contributed by atoms with E-state index < -0.39 is 0 Å². The van der Waals surface area contributed by atoms with Crippen molar-refractivity contribution in [1.82, 2.24) is 4.90 Å². The number of carbonyl (C=O) groups is 1. The summed E-state index contributed by atoms with van der Waals surface area (Å²) in [4.78, 5) is 13.1. The maximum atomic E-state index is 12.8. The van der Waals surface area contributed by atoms with Gasteiger partial charge in [0, 0.05) is 18.8 Å². The molecular formula is C13H16FN3OS. The molecule has 6 heteroatoms. The van der Waals surface area contributed by atoms with E-state index in [4.69, 9.17) is 18.0 Å². The lowest BCUT2D eigenvalue weighted by Gasteiger charge is -2.33. The highest BCUT2D eigenvalue weighted by molar-refractivity contribution is 7.80. The minimum atomic E-state index is -0.289. The van der Waals surface area contributed by atoms with Crippen molar-refractivity contribution in [3.63, 3.8) is 0 Å². The summed E-state index contributed by atoms with van der Waals surface area (Å²) in [6, 6.07) is 5.98. The Morgan fingerprint density at radius 2 is 2.11 bits per heavy atom. The van der Waals surface area contributed by atoms with Crippen LogP contribution in [0.15, 0.2) is 24.3 Å². The van der Waals surface area contributed by atoms with Gasteiger partial charge < -0.3 is 16.0 Å². The van der Waals surface area contributed by atoms with Crippen molar-refractivity contribution in [2.24, 2.45) is 11.7 Å². The second kappa shape index (κ2) is 5.97. The molecule has 1 amide bonds. The van der Waals surface area contributed by atoms with Crippen molar-refractivity contribution < 1.29 is 9.18 Å². The van der Waals surface area contributed by atoms with Gasteiger partial charge >= 0.3 is 0 Å². The van der Waals surface area contributed by atoms with Gasteiger partial charge in [0.2, 0.25) is 5.91 Å². The number of hydrogen-bond acceptors (Lipinski definition) is 2. The predicted octanol–water partition coefficient (Wildman–Crippen LogP) is 1.72. The molecule has 1 aliphatic rings. The van der Waals surface area contributed by atoms with Gasteiger partial charge in [-0.2, -0.15) is 0 Å². The molecule has 0 saturated carbocycles. The van der Waals surface area contributed by atoms with Crippen LogP contribution < -0.4 is 11.1 Å². The van der Waals surface area contributed by atoms with E-state index in [-0.39, 0.29) is 17.6 Å². The van der Waals surface area contributed by atoms with Crippen LogP contribution >= 0.6 is 12.2 Å². The molecule has 1 heterocycles. The first-order valence-corrected chi connectivity index (χ1v) is 6.58. The fourth-order valence-corrected chi connectivity index (χ4v) is 2.41. The van der Waals surface area contributed by atoms with Gasteiger partial charge in [0.05, 0.1) is 5.92 Å². The zero-order chi connectivity index (χ0) is 13.8. The number of amides is 1. The quantitative estimate of drug-likeness (QED) is 0.810. The predicted molar refractivity (Wildman–Crippen MR) is 76.1 cm³/mol. The molecule has 0 aliphatic carbocycles. The molecule has 0 unspecified atom stereocenters. The van der Waals surface area contributed by atoms with Gasteiger partial charge in [-0.15, -0.1) is 0 Å². The fourth-order valence-electron chi connectivity index (χ4n) is 2.13. The number of halogens is 1. The Morgan fingerprint density at radius 3 is 2.74 bits per heavy atom. The SMILES string of the molecule is NC(=O)[C@H]1CCCN(C(=S)Nc2ccc(F)cc2)C1. The van der Waals surface area contributed by atoms with Crippen molar-refractivity contribution in [2.45, 2.75) is 12.8 Å². The van der Waals surface area contributed by atoms with E-state index >= 15 is 0 Å². The lowest BCUT2D eigenvalue weighted by atomic mass is 9.98. The van der Waals surface area contributed by atoms with Crippen LogP contribution in [-0.4, -0.2) is 29.0 Å². The second-order valence-electron chi connectivity index (χ2n) is 4.62. The molecule has 1 fully saturated rings. The van der Waals surface area contributed by atoms with Gasteiger partial charge in [0.15, 0.2) is 5.11 Å². The molecule has 0 radical (unpaired) electrons. The Kier molecular flexibility index (Phi) is 4.31. The molecule has 1 aromatic rings. The Morgan fingerprint density at radius 1 is 1.42 bits per heavy atom. The Labute approximate surface area is 116 Å². The number of piperidine rings is 1. The van der Waals surface area contributed by atoms with Gasteiger partial charge in [0.25, 0.3) is 0 Å². The number of nitrogens with two attached hydrogens (primary N) is 1. The molecule has 3 N–H and O–H groups in total. The van der Waals surface area contributed by atoms with Crippen LogP contribution in [0.4, 0.5) is 10.1 Å². The van der Waals surface area contributed by atoms with Crippen LogP contribution in [0, 0.1) is 11.7 Å². The number of benzene rings is 1. The highest BCUT2D eigenvalue weighted by Crippen LogP contribution is 2.17. The minimum absolute atomic E-state index is 0.151. The summed E-state index contributed by atoms with van der Waals surface area (Å²) in [5.74, 6) is -0.723. The first kappa shape index (κ1) is 13.7. The summed E-state index contributed by atoms with van der Waals surface area (Å²) in [5, 5.41) is 3.58. The van der Waals surface area contributed by atoms with E-state index in [0.29, 0.717) is 11.7 Å². The van der Waals surface area contributed by atoms with E-state index in [0.717, 1.165) is 25.1 Å². The van der Waals surface area contributed by atoms with Crippen molar-refractivity contribution in [1.29, 1.82) is 0 Å². The zero-order valence-corrected chi connectivity index (χ0v) is 11.3. The van der Waals surface area contributed by atoms with Crippen molar-refractivity contribution in [3.05, 3.63) is 30.1 Å². The smallest absolute Gasteiger partial charge is 0.222 e. The van der Waals surface area contributed by atoms with Crippen LogP contribution in [0.25, 0.3) is 0 Å². The van der Waals surface area contributed by atoms with E-state index in [9.17, 15) is 9.18 Å². The van der Waals surface area contributed by atoms with E-state index in [1.807, 2.05) is 4.90 Å². The number of likely N-dealkylation sites (tertiary alicyclic amines) is 1. The number of carbonyl (C=O) groups excluding carboxylic acids is 1. The van der Waals surface area contributed by atoms with Crippen molar-refractivity contribution >= 4 is 28.9 Å². The summed E-state index contributed by atoms with van der Waals surface area (Å²) < 4.78 is 12.8. The number of primary amides is 1. The highest BCUT2D eigenvalue weighted by Gasteiger charge is 2.25. The third kappa shape index (κ3) is 3.64. The van der Waals surface area contributed by atoms with Crippen LogP contribution in [-0.2, 0) is 4.79 Å². The second-order valence-corrected chi connectivity index (χ2v) is 5.01. The van der Waals surface area contributed by atoms with Crippen molar-refractivity contribution in [3.8, 4) is 0 Å². The fraction of sp³-hybridized carbons (Fsp3) is 0.385. The number of rotatable bonds is 2. The molecule has 1 saturated heterocycles. The number of hydrogen-bond donors (Lipinski definition) is 2. The van der Waals surface area contributed by atoms with Gasteiger partial charge in [-0.1, -0.05) is 0 Å². The van der Waals surface area contributed by atoms with Gasteiger partial charge in [-0.3, -0.25) is 4.79 Å². The summed E-state index contributed by atoms with van der Waals surface area (Å²) in [7, 11) is 0. The average Bonchev–Trinajstić information content (AvgIpc) is 2.41. The Balaban J connectivity index is 1.96. The molecule has 1 atom stereocenters. The summed E-state index contributed by atoms with van der Waals surface area (Å²) in [5.41, 5.74) is 6.06. The first-order chi connectivity index (χ1) is 9.06. The van der Waals surface area contributed by atoms with Gasteiger partial charge in [-0.25, -0.2) is 4.39 Å². The molecule has 19 heavy (non-hydrogen) atoms. The molecular weight excluding hydrogens is 265 g/mol. The van der Waals surface area contributed by atoms with Crippen molar-refractivity contribution in [2.75, 3.05) is 18.4 Å². The molecule has 0 bridgehead atoms. The Hall–Kier alpha value is -1.69. The number of anilines is 1. The number of nitrogens with zero attached hydrogens (tertiary/aromatic N) is 1. The van der Waals surface area contributed by atoms with E-state index in [2.05, 4.69) is 5.32 Å². The molecule has 0 spiro atoms. The van der Waals surface area contributed by atoms with Crippen LogP contribution in [0.3, 0.4) is 0 Å². The minimum Gasteiger partial charge on any atom is -0.369 e. The molecule has 0 aromatic heterocycles. The van der Waals surface area contributed by atoms with Crippen LogP contribution in [0.2, 0.25) is 0 Å². The standard InChI is InChI=1S/C13H16FN3OS/c14-10-3-5-11(6-4-10)16-13(19)17-7-1-2-9(8-17)12(15)18/h3-6,9H,1-2,7-8H2,(H2,15,18)(H,16,19)/t9-/m0/s1. The molecule has 2 rings (SSSR count). The van der Waals surface area contributed by atoms with Gasteiger partial charge in [0.1, 0.15) is 5.82 Å². The molecule has 4 nitrogen and oxygen atoms in total. The van der Waals surface area contributed by atoms with Gasteiger partial charge in [-0.05, 0) is 49.3 Å². The number of thiocarbonyl (C=S) groups is 1. The number of nitrogens with one attached hydrogen (secondary N) is 1. The topological polar surface area (TPSA) is 58.4 Å². The zero-order valence-electron chi connectivity index (χ0n) is 10.4. The summed E-state index contributed by atoms with van der Waals surface area (Å²) in [6.07, 6.45) is 1.70. The average molecular weight is 281 g/mol. The lowest BCUT2D eigenvalue weighted by molar-refractivity contribution is -0.122. The maximum Gasteiger partial charge on any atom is 0.222 e. The Bertz CT molecular complexity index is 477. The maximum absolute atomic E-state index is 12.8. The third-order valence-electron chi connectivity index (χ3n) is 3.21. The normalized spacial score (nSPS) is 19.0.